The molecule has 37 atom stereocenters. The van der Waals surface area contributed by atoms with Gasteiger partial charge >= 0.3 is 29.8 Å². The van der Waals surface area contributed by atoms with Gasteiger partial charge in [0.05, 0.1) is 102 Å². The molecule has 0 aromatic heterocycles. The van der Waals surface area contributed by atoms with Crippen LogP contribution in [0.5, 0.6) is 17.2 Å². The van der Waals surface area contributed by atoms with E-state index >= 15 is 4.79 Å². The fourth-order valence-corrected chi connectivity index (χ4v) is 21.4. The number of aliphatic carboxylic acids is 2. The second-order valence-corrected chi connectivity index (χ2v) is 36.4. The molecule has 5 aliphatic carbocycles. The summed E-state index contributed by atoms with van der Waals surface area (Å²) < 4.78 is 101. The van der Waals surface area contributed by atoms with Gasteiger partial charge in [-0.2, -0.15) is 0 Å². The topological polar surface area (TPSA) is 606 Å². The highest BCUT2D eigenvalue weighted by atomic mass is 16.8. The summed E-state index contributed by atoms with van der Waals surface area (Å²) in [5.41, 5.74) is -10.4. The molecule has 1 unspecified atom stereocenters. The van der Waals surface area contributed by atoms with E-state index in [4.69, 9.17) is 80.5 Å². The van der Waals surface area contributed by atoms with E-state index in [0.717, 1.165) is 18.6 Å². The van der Waals surface area contributed by atoms with E-state index in [1.54, 1.807) is 0 Å². The first-order chi connectivity index (χ1) is 56.8. The maximum atomic E-state index is 16.3. The predicted octanol–water partition coefficient (Wildman–Crippen LogP) is -2.95. The number of hydrogen-bond acceptors (Lipinski definition) is 38. The minimum atomic E-state index is -2.55. The smallest absolute Gasteiger partial charge is 0.331 e. The Bertz CT molecular complexity index is 3870. The lowest BCUT2D eigenvalue weighted by Gasteiger charge is -2.71. The number of allylic oxidation sites excluding steroid dienone is 1. The van der Waals surface area contributed by atoms with Gasteiger partial charge in [-0.25, -0.2) is 4.79 Å². The van der Waals surface area contributed by atoms with Gasteiger partial charge in [0.25, 0.3) is 0 Å². The maximum Gasteiger partial charge on any atom is 0.331 e. The Morgan fingerprint density at radius 3 is 1.82 bits per heavy atom. The van der Waals surface area contributed by atoms with Crippen molar-refractivity contribution in [2.45, 2.75) is 303 Å². The number of aliphatic hydroxyl groups excluding tert-OH is 14. The van der Waals surface area contributed by atoms with Crippen molar-refractivity contribution in [1.82, 2.24) is 0 Å². The van der Waals surface area contributed by atoms with Crippen molar-refractivity contribution in [3.63, 3.8) is 0 Å². The Labute approximate surface area is 696 Å². The number of aliphatic hydroxyl groups is 16. The number of benzene rings is 1. The van der Waals surface area contributed by atoms with E-state index in [2.05, 4.69) is 6.92 Å². The van der Waals surface area contributed by atoms with Gasteiger partial charge in [-0.3, -0.25) is 19.2 Å². The SMILES string of the molecule is COc1cc(/C=C/C(=O)O[C@@H]2[C@H](O)[C@@H](O[C@@H]3O[C@@H](C)[C@H](O[C@@H]4OC[C@@H](O)[C@H](O[C@@H]5OC[C@H](O)[C@H](O)[C@H]5O)[C@H]4O)[C@@H](O[C@@H]4OC[C@](O)(COC(=O)CC(C)(O)CC(=O)O)[C@H]4O)[C@H]3O)[C@H](OC(=O)[C@]34CCC(C)(C)C[C@H]3C3=CC[C@@H]5[C@@]6(C)C[C@H](O)[C@H](O[C@@H]7O[C@H](CO)[C@@H](O)[C@H](O)[C@H]7O)[C@@](C)(C(=O)O)[C@@H]6CC[C@@]5(C)[C@]3(CO)CC4)O[C@@H]2C)cc(OC)c1OC. The molecule has 0 bridgehead atoms. The van der Waals surface area contributed by atoms with Crippen molar-refractivity contribution in [2.75, 3.05) is 61.0 Å². The zero-order valence-corrected chi connectivity index (χ0v) is 69.3. The third-order valence-corrected chi connectivity index (χ3v) is 28.1. The Morgan fingerprint density at radius 2 is 1.18 bits per heavy atom. The molecule has 684 valence electrons. The van der Waals surface area contributed by atoms with Crippen molar-refractivity contribution in [3.8, 4) is 17.2 Å². The predicted molar refractivity (Wildman–Crippen MR) is 402 cm³/mol. The summed E-state index contributed by atoms with van der Waals surface area (Å²) in [6.45, 7) is 8.95. The molecule has 0 radical (unpaired) electrons. The molecule has 12 rings (SSSR count). The number of methoxy groups -OCH3 is 3. The van der Waals surface area contributed by atoms with E-state index in [-0.39, 0.29) is 55.8 Å². The second-order valence-electron chi connectivity index (χ2n) is 36.4. The first kappa shape index (κ1) is 94.5. The summed E-state index contributed by atoms with van der Waals surface area (Å²) in [4.78, 5) is 69.0. The average Bonchev–Trinajstić information content (AvgIpc) is 0.938. The van der Waals surface area contributed by atoms with Crippen LogP contribution in [-0.4, -0.2) is 360 Å². The minimum Gasteiger partial charge on any atom is -0.493 e. The quantitative estimate of drug-likeness (QED) is 0.0138. The van der Waals surface area contributed by atoms with Gasteiger partial charge in [0, 0.05) is 11.5 Å². The lowest BCUT2D eigenvalue weighted by molar-refractivity contribution is -0.388. The van der Waals surface area contributed by atoms with Crippen LogP contribution in [0.15, 0.2) is 29.9 Å². The second kappa shape index (κ2) is 36.3. The molecule has 0 spiro atoms. The monoisotopic (exact) mass is 1730 g/mol. The molecule has 18 N–H and O–H groups in total. The zero-order valence-electron chi connectivity index (χ0n) is 69.3. The summed E-state index contributed by atoms with van der Waals surface area (Å²) in [5, 5.41) is 203. The van der Waals surface area contributed by atoms with Gasteiger partial charge in [0.1, 0.15) is 104 Å². The lowest BCUT2D eigenvalue weighted by Crippen LogP contribution is -2.71. The Balaban J connectivity index is 0.865. The minimum absolute atomic E-state index is 0.0477. The van der Waals surface area contributed by atoms with Crippen molar-refractivity contribution in [2.24, 2.45) is 50.2 Å². The van der Waals surface area contributed by atoms with Gasteiger partial charge in [-0.05, 0) is 143 Å². The normalized spacial score (nSPS) is 45.8. The third-order valence-electron chi connectivity index (χ3n) is 28.1. The number of esters is 3. The highest BCUT2D eigenvalue weighted by Gasteiger charge is 2.74. The van der Waals surface area contributed by atoms with Gasteiger partial charge in [-0.1, -0.05) is 39.3 Å². The van der Waals surface area contributed by atoms with Crippen LogP contribution in [0.25, 0.3) is 6.08 Å². The van der Waals surface area contributed by atoms with Crippen LogP contribution in [0.2, 0.25) is 0 Å². The van der Waals surface area contributed by atoms with Crippen LogP contribution in [0.3, 0.4) is 0 Å². The van der Waals surface area contributed by atoms with Gasteiger partial charge < -0.3 is 172 Å². The van der Waals surface area contributed by atoms with Crippen molar-refractivity contribution >= 4 is 35.9 Å². The molecule has 6 heterocycles. The van der Waals surface area contributed by atoms with E-state index in [9.17, 15) is 111 Å². The Hall–Kier alpha value is -5.63. The fourth-order valence-electron chi connectivity index (χ4n) is 21.4. The number of rotatable bonds is 27. The number of carbonyl (C=O) groups excluding carboxylic acids is 3. The number of carbonyl (C=O) groups is 5. The van der Waals surface area contributed by atoms with Crippen LogP contribution >= 0.6 is 0 Å². The van der Waals surface area contributed by atoms with Crippen LogP contribution in [0.1, 0.15) is 132 Å². The third kappa shape index (κ3) is 17.6. The number of ether oxygens (including phenoxy) is 17. The molecule has 40 nitrogen and oxygen atoms in total. The molecule has 1 aromatic rings. The van der Waals surface area contributed by atoms with Crippen molar-refractivity contribution in [1.29, 1.82) is 0 Å². The molecule has 40 heteroatoms. The van der Waals surface area contributed by atoms with Gasteiger partial charge in [0.15, 0.2) is 60.8 Å². The summed E-state index contributed by atoms with van der Waals surface area (Å²) in [7, 11) is 4.17. The number of carboxylic acids is 2. The standard InChI is InChI=1S/C81H120O40/c1-34-58(115-48(89)15-12-36-22-42(105-9)61(107-11)43(23-36)106-10)55(96)63(119-69-57(98)62(118-71-64(99)81(104,33-111-71)32-110-49(90)27-75(5,103)26-47(87)88)59(35(2)112-69)116-67-56(97)60(41(86)30-109-67)117-66-53(94)50(91)40(85)29-108-66)70(113-34)121-73(102)79-19-18-74(3,4)24-38(79)37-13-14-45-76(6)25-39(84)65(120-68-54(95)52(93)51(92)44(28-82)114-68)78(8,72(100)101)46(76)16-17-77(45,7)80(37,31-83)21-20-79/h12-13,15,22-23,34-35,38-41,44-46,50-60,62-71,82-86,91-99,103-104H,14,16-21,24-33H2,1-11H3,(H,87,88)(H,100,101)/b15-12+/t34-,35+,38+,39+,40+,41-,44-,45-,46-,50+,51-,52+,53-,54-,55+,56-,57-,58+,59+,60+,62+,63-,64+,65+,66+,67+,68+,69+,70+,71+,75?,76-,77-,78+,79+,80+,81-/m1/s1. The first-order valence-electron chi connectivity index (χ1n) is 40.9. The van der Waals surface area contributed by atoms with Crippen LogP contribution in [-0.2, 0) is 90.3 Å². The van der Waals surface area contributed by atoms with E-state index < -0.39 is 310 Å². The van der Waals surface area contributed by atoms with E-state index in [1.807, 2.05) is 26.8 Å². The van der Waals surface area contributed by atoms with Crippen LogP contribution in [0, 0.1) is 50.2 Å². The first-order valence-corrected chi connectivity index (χ1v) is 40.9. The van der Waals surface area contributed by atoms with Crippen molar-refractivity contribution < 1.29 is 196 Å². The summed E-state index contributed by atoms with van der Waals surface area (Å²) in [5.74, 6) is -7.14. The average molecular weight is 1730 g/mol. The molecular weight excluding hydrogens is 1610 g/mol. The summed E-state index contributed by atoms with van der Waals surface area (Å²) >= 11 is 0. The lowest BCUT2D eigenvalue weighted by atomic mass is 9.33. The molecule has 11 aliphatic rings. The fraction of sp³-hybridized carbons (Fsp3) is 0.815. The highest BCUT2D eigenvalue weighted by molar-refractivity contribution is 5.87. The molecule has 0 amide bonds. The molecule has 6 saturated heterocycles. The van der Waals surface area contributed by atoms with Crippen LogP contribution in [0.4, 0.5) is 0 Å². The Kier molecular flexibility index (Phi) is 28.3. The van der Waals surface area contributed by atoms with Gasteiger partial charge in [0.2, 0.25) is 12.0 Å². The zero-order chi connectivity index (χ0) is 88.7. The molecule has 10 fully saturated rings. The van der Waals surface area contributed by atoms with Crippen molar-refractivity contribution in [3.05, 3.63) is 35.4 Å². The number of fused-ring (bicyclic) bond motifs is 7. The maximum absolute atomic E-state index is 16.3. The largest absolute Gasteiger partial charge is 0.493 e. The molecular formula is C81H120O40. The number of hydrogen-bond donors (Lipinski definition) is 18. The summed E-state index contributed by atoms with van der Waals surface area (Å²) in [6, 6.07) is 3.07. The van der Waals surface area contributed by atoms with Crippen LogP contribution < -0.4 is 14.2 Å². The summed E-state index contributed by atoms with van der Waals surface area (Å²) in [6.07, 6.45) is -45.1. The molecule has 121 heavy (non-hydrogen) atoms. The highest BCUT2D eigenvalue weighted by Crippen LogP contribution is 2.76. The van der Waals surface area contributed by atoms with E-state index in [0.29, 0.717) is 24.8 Å². The molecule has 4 saturated carbocycles. The van der Waals surface area contributed by atoms with E-state index in [1.165, 1.54) is 60.3 Å². The number of carboxylic acid groups (broad SMARTS) is 2. The molecule has 6 aliphatic heterocycles. The van der Waals surface area contributed by atoms with Gasteiger partial charge in [-0.15, -0.1) is 0 Å². The molecule has 1 aromatic carbocycles. The Morgan fingerprint density at radius 1 is 0.587 bits per heavy atom.